The number of halogens is 1. The fourth-order valence-electron chi connectivity index (χ4n) is 1.95. The van der Waals surface area contributed by atoms with Crippen molar-refractivity contribution in [1.82, 2.24) is 4.90 Å². The zero-order valence-corrected chi connectivity index (χ0v) is 12.4. The Kier molecular flexibility index (Phi) is 6.61. The minimum absolute atomic E-state index is 0.147. The molecule has 4 nitrogen and oxygen atoms in total. The van der Waals surface area contributed by atoms with Crippen molar-refractivity contribution < 1.29 is 13.9 Å². The van der Waals surface area contributed by atoms with Crippen LogP contribution in [0.15, 0.2) is 18.2 Å². The van der Waals surface area contributed by atoms with Gasteiger partial charge in [-0.1, -0.05) is 6.07 Å². The standard InChI is InChI=1S/C15H23FN2O2/c1-4-20-15(19)10-18(11(2)3)9-13-7-14(16)6-5-12(13)8-17/h5-7,11H,4,8-10,17H2,1-3H3. The summed E-state index contributed by atoms with van der Waals surface area (Å²) in [5.41, 5.74) is 7.37. The van der Waals surface area contributed by atoms with Gasteiger partial charge in [-0.25, -0.2) is 4.39 Å². The van der Waals surface area contributed by atoms with Crippen LogP contribution in [0, 0.1) is 5.82 Å². The second kappa shape index (κ2) is 7.97. The Bertz CT molecular complexity index is 449. The molecule has 20 heavy (non-hydrogen) atoms. The number of benzene rings is 1. The van der Waals surface area contributed by atoms with Crippen molar-refractivity contribution >= 4 is 5.97 Å². The molecule has 112 valence electrons. The monoisotopic (exact) mass is 282 g/mol. The Hall–Kier alpha value is -1.46. The third kappa shape index (κ3) is 4.90. The molecule has 0 aromatic heterocycles. The fraction of sp³-hybridized carbons (Fsp3) is 0.533. The summed E-state index contributed by atoms with van der Waals surface area (Å²) in [5.74, 6) is -0.566. The molecule has 0 radical (unpaired) electrons. The number of nitrogens with two attached hydrogens (primary N) is 1. The Labute approximate surface area is 119 Å². The average Bonchev–Trinajstić information content (AvgIpc) is 2.38. The SMILES string of the molecule is CCOC(=O)CN(Cc1cc(F)ccc1CN)C(C)C. The Balaban J connectivity index is 2.85. The van der Waals surface area contributed by atoms with E-state index < -0.39 is 0 Å². The van der Waals surface area contributed by atoms with E-state index in [9.17, 15) is 9.18 Å². The molecular formula is C15H23FN2O2. The normalized spacial score (nSPS) is 11.2. The average molecular weight is 282 g/mol. The van der Waals surface area contributed by atoms with Crippen molar-refractivity contribution in [3.05, 3.63) is 35.1 Å². The zero-order chi connectivity index (χ0) is 15.1. The van der Waals surface area contributed by atoms with Crippen molar-refractivity contribution in [2.45, 2.75) is 39.9 Å². The number of hydrogen-bond acceptors (Lipinski definition) is 4. The van der Waals surface area contributed by atoms with Crippen LogP contribution < -0.4 is 5.73 Å². The van der Waals surface area contributed by atoms with Gasteiger partial charge in [0.15, 0.2) is 0 Å². The van der Waals surface area contributed by atoms with Gasteiger partial charge in [0.1, 0.15) is 5.82 Å². The smallest absolute Gasteiger partial charge is 0.320 e. The Morgan fingerprint density at radius 2 is 2.10 bits per heavy atom. The number of carbonyl (C=O) groups is 1. The molecule has 0 aliphatic rings. The molecule has 0 spiro atoms. The van der Waals surface area contributed by atoms with Crippen LogP contribution in [-0.4, -0.2) is 30.1 Å². The van der Waals surface area contributed by atoms with E-state index >= 15 is 0 Å². The molecule has 0 saturated carbocycles. The van der Waals surface area contributed by atoms with Crippen LogP contribution in [0.1, 0.15) is 31.9 Å². The first-order valence-electron chi connectivity index (χ1n) is 6.85. The Morgan fingerprint density at radius 1 is 1.40 bits per heavy atom. The third-order valence-corrected chi connectivity index (χ3v) is 3.13. The number of esters is 1. The van der Waals surface area contributed by atoms with Crippen LogP contribution >= 0.6 is 0 Å². The molecule has 1 aromatic rings. The van der Waals surface area contributed by atoms with Crippen molar-refractivity contribution in [3.8, 4) is 0 Å². The summed E-state index contributed by atoms with van der Waals surface area (Å²) in [7, 11) is 0. The van der Waals surface area contributed by atoms with E-state index in [1.165, 1.54) is 12.1 Å². The van der Waals surface area contributed by atoms with Crippen molar-refractivity contribution in [2.75, 3.05) is 13.2 Å². The quantitative estimate of drug-likeness (QED) is 0.778. The van der Waals surface area contributed by atoms with Crippen LogP contribution in [0.5, 0.6) is 0 Å². The van der Waals surface area contributed by atoms with E-state index in [1.54, 1.807) is 13.0 Å². The minimum Gasteiger partial charge on any atom is -0.465 e. The van der Waals surface area contributed by atoms with Crippen molar-refractivity contribution in [1.29, 1.82) is 0 Å². The second-order valence-electron chi connectivity index (χ2n) is 4.92. The van der Waals surface area contributed by atoms with E-state index in [0.29, 0.717) is 19.7 Å². The van der Waals surface area contributed by atoms with E-state index in [-0.39, 0.29) is 24.4 Å². The summed E-state index contributed by atoms with van der Waals surface area (Å²) < 4.78 is 18.3. The van der Waals surface area contributed by atoms with Gasteiger partial charge in [0.25, 0.3) is 0 Å². The second-order valence-corrected chi connectivity index (χ2v) is 4.92. The van der Waals surface area contributed by atoms with Gasteiger partial charge in [-0.3, -0.25) is 9.69 Å². The number of carbonyl (C=O) groups excluding carboxylic acids is 1. The summed E-state index contributed by atoms with van der Waals surface area (Å²) >= 11 is 0. The minimum atomic E-state index is -0.294. The highest BCUT2D eigenvalue weighted by Crippen LogP contribution is 2.15. The number of rotatable bonds is 7. The van der Waals surface area contributed by atoms with Gasteiger partial charge in [0.2, 0.25) is 0 Å². The lowest BCUT2D eigenvalue weighted by Gasteiger charge is -2.26. The number of ether oxygens (including phenoxy) is 1. The molecule has 0 unspecified atom stereocenters. The van der Waals surface area contributed by atoms with Crippen LogP contribution in [0.25, 0.3) is 0 Å². The molecule has 0 amide bonds. The third-order valence-electron chi connectivity index (χ3n) is 3.13. The zero-order valence-electron chi connectivity index (χ0n) is 12.4. The van der Waals surface area contributed by atoms with Crippen LogP contribution in [0.3, 0.4) is 0 Å². The predicted molar refractivity (Wildman–Crippen MR) is 76.5 cm³/mol. The first-order chi connectivity index (χ1) is 9.47. The van der Waals surface area contributed by atoms with E-state index in [1.807, 2.05) is 18.7 Å². The molecule has 0 bridgehead atoms. The molecule has 0 aliphatic heterocycles. The summed E-state index contributed by atoms with van der Waals surface area (Å²) in [6.07, 6.45) is 0. The van der Waals surface area contributed by atoms with E-state index in [2.05, 4.69) is 0 Å². The summed E-state index contributed by atoms with van der Waals surface area (Å²) in [6.45, 7) is 7.12. The van der Waals surface area contributed by atoms with Gasteiger partial charge < -0.3 is 10.5 Å². The lowest BCUT2D eigenvalue weighted by atomic mass is 10.1. The molecule has 0 atom stereocenters. The summed E-state index contributed by atoms with van der Waals surface area (Å²) in [5, 5.41) is 0. The van der Waals surface area contributed by atoms with Gasteiger partial charge >= 0.3 is 5.97 Å². The molecule has 0 saturated heterocycles. The van der Waals surface area contributed by atoms with Crippen LogP contribution in [-0.2, 0) is 22.6 Å². The molecule has 1 rings (SSSR count). The molecule has 0 fully saturated rings. The Morgan fingerprint density at radius 3 is 2.65 bits per heavy atom. The van der Waals surface area contributed by atoms with Crippen molar-refractivity contribution in [2.24, 2.45) is 5.73 Å². The van der Waals surface area contributed by atoms with Gasteiger partial charge in [-0.15, -0.1) is 0 Å². The van der Waals surface area contributed by atoms with Crippen LogP contribution in [0.4, 0.5) is 4.39 Å². The summed E-state index contributed by atoms with van der Waals surface area (Å²) in [6, 6.07) is 4.71. The highest BCUT2D eigenvalue weighted by Gasteiger charge is 2.17. The molecule has 5 heteroatoms. The van der Waals surface area contributed by atoms with Gasteiger partial charge in [0, 0.05) is 19.1 Å². The van der Waals surface area contributed by atoms with Crippen LogP contribution in [0.2, 0.25) is 0 Å². The molecule has 2 N–H and O–H groups in total. The highest BCUT2D eigenvalue weighted by molar-refractivity contribution is 5.71. The maximum atomic E-state index is 13.4. The number of hydrogen-bond donors (Lipinski definition) is 1. The topological polar surface area (TPSA) is 55.6 Å². The molecule has 0 aliphatic carbocycles. The maximum absolute atomic E-state index is 13.4. The first kappa shape index (κ1) is 16.6. The maximum Gasteiger partial charge on any atom is 0.320 e. The highest BCUT2D eigenvalue weighted by atomic mass is 19.1. The van der Waals surface area contributed by atoms with Gasteiger partial charge in [-0.05, 0) is 44.0 Å². The van der Waals surface area contributed by atoms with E-state index in [4.69, 9.17) is 10.5 Å². The summed E-state index contributed by atoms with van der Waals surface area (Å²) in [4.78, 5) is 13.5. The predicted octanol–water partition coefficient (Wildman–Crippen LogP) is 2.06. The first-order valence-corrected chi connectivity index (χ1v) is 6.85. The fourth-order valence-corrected chi connectivity index (χ4v) is 1.95. The molecule has 1 aromatic carbocycles. The molecule has 0 heterocycles. The van der Waals surface area contributed by atoms with Crippen molar-refractivity contribution in [3.63, 3.8) is 0 Å². The largest absolute Gasteiger partial charge is 0.465 e. The van der Waals surface area contributed by atoms with Gasteiger partial charge in [-0.2, -0.15) is 0 Å². The molecular weight excluding hydrogens is 259 g/mol. The lowest BCUT2D eigenvalue weighted by Crippen LogP contribution is -2.36. The van der Waals surface area contributed by atoms with Gasteiger partial charge in [0.05, 0.1) is 13.2 Å². The number of nitrogens with zero attached hydrogens (tertiary/aromatic N) is 1. The van der Waals surface area contributed by atoms with E-state index in [0.717, 1.165) is 11.1 Å². The lowest BCUT2D eigenvalue weighted by molar-refractivity contribution is -0.145.